The van der Waals surface area contributed by atoms with Crippen LogP contribution in [0.1, 0.15) is 15.9 Å². The van der Waals surface area contributed by atoms with Crippen LogP contribution >= 0.6 is 0 Å². The largest absolute Gasteiger partial charge is 0.508 e. The van der Waals surface area contributed by atoms with Crippen molar-refractivity contribution < 1.29 is 15.0 Å². The molecule has 2 aromatic rings. The molecule has 0 saturated heterocycles. The molecule has 0 aromatic heterocycles. The van der Waals surface area contributed by atoms with Gasteiger partial charge in [-0.05, 0) is 30.3 Å². The predicted molar refractivity (Wildman–Crippen MR) is 71.3 cm³/mol. The van der Waals surface area contributed by atoms with Gasteiger partial charge in [-0.15, -0.1) is 0 Å². The zero-order chi connectivity index (χ0) is 13.7. The van der Waals surface area contributed by atoms with Crippen LogP contribution < -0.4 is 5.43 Å². The smallest absolute Gasteiger partial charge is 0.271 e. The Morgan fingerprint density at radius 1 is 1.11 bits per heavy atom. The van der Waals surface area contributed by atoms with Gasteiger partial charge in [-0.2, -0.15) is 5.10 Å². The maximum Gasteiger partial charge on any atom is 0.271 e. The highest BCUT2D eigenvalue weighted by Crippen LogP contribution is 2.19. The molecule has 0 aliphatic carbocycles. The summed E-state index contributed by atoms with van der Waals surface area (Å²) >= 11 is 0. The molecule has 2 rings (SSSR count). The monoisotopic (exact) mass is 256 g/mol. The predicted octanol–water partition coefficient (Wildman–Crippen LogP) is 1.86. The minimum absolute atomic E-state index is 0.00800. The van der Waals surface area contributed by atoms with Gasteiger partial charge in [-0.3, -0.25) is 4.79 Å². The lowest BCUT2D eigenvalue weighted by Gasteiger charge is -2.00. The zero-order valence-corrected chi connectivity index (χ0v) is 9.95. The summed E-state index contributed by atoms with van der Waals surface area (Å²) in [5.74, 6) is -0.374. The Hall–Kier alpha value is -2.82. The molecular formula is C14H12N2O3. The molecule has 0 aliphatic heterocycles. The van der Waals surface area contributed by atoms with Crippen molar-refractivity contribution in [1.82, 2.24) is 5.43 Å². The van der Waals surface area contributed by atoms with E-state index >= 15 is 0 Å². The topological polar surface area (TPSA) is 81.9 Å². The van der Waals surface area contributed by atoms with Crippen molar-refractivity contribution in [2.45, 2.75) is 0 Å². The molecule has 5 nitrogen and oxygen atoms in total. The molecule has 0 atom stereocenters. The number of aromatic hydroxyl groups is 2. The van der Waals surface area contributed by atoms with Gasteiger partial charge < -0.3 is 10.2 Å². The van der Waals surface area contributed by atoms with E-state index in [9.17, 15) is 15.0 Å². The first kappa shape index (κ1) is 12.6. The second-order valence-corrected chi connectivity index (χ2v) is 3.81. The van der Waals surface area contributed by atoms with Crippen LogP contribution in [0.3, 0.4) is 0 Å². The lowest BCUT2D eigenvalue weighted by Crippen LogP contribution is -2.17. The quantitative estimate of drug-likeness (QED) is 0.445. The number of nitrogens with zero attached hydrogens (tertiary/aromatic N) is 1. The Morgan fingerprint density at radius 2 is 1.84 bits per heavy atom. The van der Waals surface area contributed by atoms with Crippen molar-refractivity contribution >= 4 is 12.1 Å². The molecule has 0 heterocycles. The van der Waals surface area contributed by atoms with E-state index in [1.165, 1.54) is 24.4 Å². The number of hydrogen-bond donors (Lipinski definition) is 3. The van der Waals surface area contributed by atoms with E-state index < -0.39 is 0 Å². The van der Waals surface area contributed by atoms with Crippen LogP contribution in [0.15, 0.2) is 53.6 Å². The second kappa shape index (κ2) is 5.68. The highest BCUT2D eigenvalue weighted by molar-refractivity contribution is 5.95. The number of nitrogens with one attached hydrogen (secondary N) is 1. The SMILES string of the molecule is O=C(NN=Cc1cc(O)ccc1O)c1ccccc1. The number of carbonyl (C=O) groups is 1. The fourth-order valence-corrected chi connectivity index (χ4v) is 1.46. The molecule has 3 N–H and O–H groups in total. The third-order valence-electron chi connectivity index (χ3n) is 2.42. The minimum atomic E-state index is -0.350. The molecule has 0 unspecified atom stereocenters. The first-order valence-electron chi connectivity index (χ1n) is 5.57. The molecule has 0 saturated carbocycles. The van der Waals surface area contributed by atoms with Crippen LogP contribution in [0.25, 0.3) is 0 Å². The van der Waals surface area contributed by atoms with Crippen molar-refractivity contribution in [3.63, 3.8) is 0 Å². The van der Waals surface area contributed by atoms with Gasteiger partial charge in [0.05, 0.1) is 6.21 Å². The average molecular weight is 256 g/mol. The number of phenolic OH excluding ortho intramolecular Hbond substituents is 2. The molecule has 0 aliphatic rings. The van der Waals surface area contributed by atoms with Gasteiger partial charge in [-0.25, -0.2) is 5.43 Å². The molecule has 19 heavy (non-hydrogen) atoms. The summed E-state index contributed by atoms with van der Waals surface area (Å²) in [6.07, 6.45) is 1.26. The van der Waals surface area contributed by atoms with E-state index in [1.54, 1.807) is 24.3 Å². The van der Waals surface area contributed by atoms with Crippen molar-refractivity contribution in [3.8, 4) is 11.5 Å². The van der Waals surface area contributed by atoms with Crippen LogP contribution in [0, 0.1) is 0 Å². The molecular weight excluding hydrogens is 244 g/mol. The molecule has 0 bridgehead atoms. The third kappa shape index (κ3) is 3.32. The standard InChI is InChI=1S/C14H12N2O3/c17-12-6-7-13(18)11(8-12)9-15-16-14(19)10-4-2-1-3-5-10/h1-9,17-18H,(H,16,19). The van der Waals surface area contributed by atoms with Gasteiger partial charge in [0.1, 0.15) is 11.5 Å². The summed E-state index contributed by atoms with van der Waals surface area (Å²) in [6.45, 7) is 0. The highest BCUT2D eigenvalue weighted by Gasteiger charge is 2.02. The number of benzene rings is 2. The fraction of sp³-hybridized carbons (Fsp3) is 0. The van der Waals surface area contributed by atoms with Crippen LogP contribution in [0.4, 0.5) is 0 Å². The molecule has 2 aromatic carbocycles. The summed E-state index contributed by atoms with van der Waals surface area (Å²) < 4.78 is 0. The van der Waals surface area contributed by atoms with Gasteiger partial charge >= 0.3 is 0 Å². The molecule has 0 fully saturated rings. The zero-order valence-electron chi connectivity index (χ0n) is 9.95. The van der Waals surface area contributed by atoms with Crippen molar-refractivity contribution in [3.05, 3.63) is 59.7 Å². The Bertz CT molecular complexity index is 609. The van der Waals surface area contributed by atoms with Gasteiger partial charge in [0.25, 0.3) is 5.91 Å². The highest BCUT2D eigenvalue weighted by atomic mass is 16.3. The summed E-state index contributed by atoms with van der Waals surface area (Å²) in [5, 5.41) is 22.5. The van der Waals surface area contributed by atoms with Crippen molar-refractivity contribution in [2.24, 2.45) is 5.10 Å². The van der Waals surface area contributed by atoms with E-state index in [0.717, 1.165) is 0 Å². The lowest BCUT2D eigenvalue weighted by molar-refractivity contribution is 0.0955. The number of amides is 1. The van der Waals surface area contributed by atoms with E-state index in [2.05, 4.69) is 10.5 Å². The summed E-state index contributed by atoms with van der Waals surface area (Å²) in [4.78, 5) is 11.7. The molecule has 0 spiro atoms. The maximum absolute atomic E-state index is 11.7. The van der Waals surface area contributed by atoms with E-state index in [4.69, 9.17) is 0 Å². The maximum atomic E-state index is 11.7. The van der Waals surface area contributed by atoms with E-state index in [0.29, 0.717) is 11.1 Å². The van der Waals surface area contributed by atoms with E-state index in [1.807, 2.05) is 6.07 Å². The van der Waals surface area contributed by atoms with E-state index in [-0.39, 0.29) is 17.4 Å². The van der Waals surface area contributed by atoms with Crippen LogP contribution in [0.5, 0.6) is 11.5 Å². The Kier molecular flexibility index (Phi) is 3.78. The van der Waals surface area contributed by atoms with Gasteiger partial charge in [0.2, 0.25) is 0 Å². The number of carbonyl (C=O) groups excluding carboxylic acids is 1. The fourth-order valence-electron chi connectivity index (χ4n) is 1.46. The number of hydrogen-bond acceptors (Lipinski definition) is 4. The summed E-state index contributed by atoms with van der Waals surface area (Å²) in [7, 11) is 0. The number of hydrazone groups is 1. The number of phenols is 2. The number of rotatable bonds is 3. The van der Waals surface area contributed by atoms with Crippen LogP contribution in [0.2, 0.25) is 0 Å². The first-order valence-corrected chi connectivity index (χ1v) is 5.57. The van der Waals surface area contributed by atoms with Crippen LogP contribution in [-0.4, -0.2) is 22.3 Å². The normalized spacial score (nSPS) is 10.5. The summed E-state index contributed by atoms with van der Waals surface area (Å²) in [6, 6.07) is 12.7. The minimum Gasteiger partial charge on any atom is -0.508 e. The van der Waals surface area contributed by atoms with Crippen molar-refractivity contribution in [2.75, 3.05) is 0 Å². The Labute approximate surface area is 109 Å². The molecule has 1 amide bonds. The lowest BCUT2D eigenvalue weighted by atomic mass is 10.2. The van der Waals surface area contributed by atoms with Gasteiger partial charge in [0.15, 0.2) is 0 Å². The van der Waals surface area contributed by atoms with Crippen LogP contribution in [-0.2, 0) is 0 Å². The third-order valence-corrected chi connectivity index (χ3v) is 2.42. The average Bonchev–Trinajstić information content (AvgIpc) is 2.43. The summed E-state index contributed by atoms with van der Waals surface area (Å²) in [5.41, 5.74) is 3.13. The first-order chi connectivity index (χ1) is 9.16. The molecule has 0 radical (unpaired) electrons. The van der Waals surface area contributed by atoms with Gasteiger partial charge in [0, 0.05) is 11.1 Å². The Balaban J connectivity index is 2.04. The van der Waals surface area contributed by atoms with Crippen molar-refractivity contribution in [1.29, 1.82) is 0 Å². The molecule has 5 heteroatoms. The second-order valence-electron chi connectivity index (χ2n) is 3.81. The molecule has 96 valence electrons. The Morgan fingerprint density at radius 3 is 2.58 bits per heavy atom. The van der Waals surface area contributed by atoms with Gasteiger partial charge in [-0.1, -0.05) is 18.2 Å².